The van der Waals surface area contributed by atoms with Gasteiger partial charge in [0.1, 0.15) is 22.2 Å². The summed E-state index contributed by atoms with van der Waals surface area (Å²) >= 11 is 1.32. The van der Waals surface area contributed by atoms with E-state index in [-0.39, 0.29) is 10.6 Å². The van der Waals surface area contributed by atoms with Crippen LogP contribution in [0.1, 0.15) is 0 Å². The van der Waals surface area contributed by atoms with Crippen LogP contribution in [0.5, 0.6) is 0 Å². The van der Waals surface area contributed by atoms with Crippen LogP contribution in [0.4, 0.5) is 14.5 Å². The lowest BCUT2D eigenvalue weighted by molar-refractivity contribution is 0.594. The summed E-state index contributed by atoms with van der Waals surface area (Å²) in [6.07, 6.45) is 1.35. The van der Waals surface area contributed by atoms with E-state index in [1.54, 1.807) is 41.8 Å². The van der Waals surface area contributed by atoms with Gasteiger partial charge in [0.15, 0.2) is 0 Å². The summed E-state index contributed by atoms with van der Waals surface area (Å²) in [4.78, 5) is 0.497. The normalized spacial score (nSPS) is 11.5. The van der Waals surface area contributed by atoms with Crippen LogP contribution in [0.15, 0.2) is 77.1 Å². The molecule has 4 aromatic rings. The number of nitrogens with one attached hydrogen (secondary N) is 1. The first-order valence-corrected chi connectivity index (χ1v) is 10.5. The molecule has 0 bridgehead atoms. The van der Waals surface area contributed by atoms with Crippen LogP contribution in [0.3, 0.4) is 0 Å². The third-order valence-corrected chi connectivity index (χ3v) is 6.16. The number of benzene rings is 2. The van der Waals surface area contributed by atoms with E-state index in [4.69, 9.17) is 0 Å². The van der Waals surface area contributed by atoms with Crippen molar-refractivity contribution >= 4 is 27.0 Å². The highest BCUT2D eigenvalue weighted by Gasteiger charge is 2.26. The van der Waals surface area contributed by atoms with Crippen LogP contribution in [0.2, 0.25) is 0 Å². The fourth-order valence-electron chi connectivity index (χ4n) is 2.63. The fraction of sp³-hybridized carbons (Fsp3) is 0. The van der Waals surface area contributed by atoms with Crippen molar-refractivity contribution in [1.82, 2.24) is 9.78 Å². The standard InChI is InChI=1S/C19H13F2N3O2S2/c20-13-8-9-15(21)16(11-13)23-28(25,26)18-12-24(14-5-2-1-3-6-14)22-19(18)17-7-4-10-27-17/h1-12,23H. The van der Waals surface area contributed by atoms with Gasteiger partial charge >= 0.3 is 0 Å². The van der Waals surface area contributed by atoms with Gasteiger partial charge < -0.3 is 0 Å². The largest absolute Gasteiger partial charge is 0.276 e. The second-order valence-corrected chi connectivity index (χ2v) is 8.43. The van der Waals surface area contributed by atoms with Crippen molar-refractivity contribution in [2.75, 3.05) is 4.72 Å². The molecule has 5 nitrogen and oxygen atoms in total. The van der Waals surface area contributed by atoms with E-state index in [1.807, 2.05) is 6.07 Å². The predicted octanol–water partition coefficient (Wildman–Crippen LogP) is 4.68. The lowest BCUT2D eigenvalue weighted by Crippen LogP contribution is -2.14. The van der Waals surface area contributed by atoms with E-state index in [9.17, 15) is 17.2 Å². The number of sulfonamides is 1. The lowest BCUT2D eigenvalue weighted by atomic mass is 10.3. The van der Waals surface area contributed by atoms with Gasteiger partial charge in [-0.15, -0.1) is 11.3 Å². The van der Waals surface area contributed by atoms with Crippen molar-refractivity contribution < 1.29 is 17.2 Å². The smallest absolute Gasteiger partial charge is 0.265 e. The number of aromatic nitrogens is 2. The zero-order valence-corrected chi connectivity index (χ0v) is 15.8. The van der Waals surface area contributed by atoms with Gasteiger partial charge in [-0.1, -0.05) is 24.3 Å². The minimum atomic E-state index is -4.23. The van der Waals surface area contributed by atoms with Crippen molar-refractivity contribution in [3.63, 3.8) is 0 Å². The van der Waals surface area contributed by atoms with Gasteiger partial charge in [0.25, 0.3) is 10.0 Å². The van der Waals surface area contributed by atoms with E-state index in [2.05, 4.69) is 9.82 Å². The second kappa shape index (κ2) is 7.17. The number of halogens is 2. The van der Waals surface area contributed by atoms with Gasteiger partial charge in [0.2, 0.25) is 0 Å². The number of thiophene rings is 1. The molecule has 2 heterocycles. The van der Waals surface area contributed by atoms with Crippen molar-refractivity contribution in [3.8, 4) is 16.3 Å². The average molecular weight is 417 g/mol. The summed E-state index contributed by atoms with van der Waals surface area (Å²) in [5.74, 6) is -1.63. The van der Waals surface area contributed by atoms with Gasteiger partial charge in [-0.05, 0) is 35.7 Å². The summed E-state index contributed by atoms with van der Waals surface area (Å²) in [7, 11) is -4.23. The first-order chi connectivity index (χ1) is 13.4. The Morgan fingerprint density at radius 3 is 2.50 bits per heavy atom. The van der Waals surface area contributed by atoms with Crippen molar-refractivity contribution in [2.24, 2.45) is 0 Å². The Morgan fingerprint density at radius 1 is 1.00 bits per heavy atom. The van der Waals surface area contributed by atoms with Crippen LogP contribution < -0.4 is 4.72 Å². The Balaban J connectivity index is 1.83. The zero-order valence-electron chi connectivity index (χ0n) is 14.2. The highest BCUT2D eigenvalue weighted by molar-refractivity contribution is 7.92. The third kappa shape index (κ3) is 3.54. The Labute approximate surface area is 163 Å². The molecule has 0 atom stereocenters. The molecule has 142 valence electrons. The zero-order chi connectivity index (χ0) is 19.7. The molecular formula is C19H13F2N3O2S2. The van der Waals surface area contributed by atoms with Crippen molar-refractivity contribution in [1.29, 1.82) is 0 Å². The van der Waals surface area contributed by atoms with Gasteiger partial charge in [0, 0.05) is 6.07 Å². The monoisotopic (exact) mass is 417 g/mol. The number of nitrogens with zero attached hydrogens (tertiary/aromatic N) is 2. The van der Waals surface area contributed by atoms with Crippen molar-refractivity contribution in [3.05, 3.63) is 83.9 Å². The van der Waals surface area contributed by atoms with Crippen LogP contribution in [0.25, 0.3) is 16.3 Å². The lowest BCUT2D eigenvalue weighted by Gasteiger charge is -2.08. The summed E-state index contributed by atoms with van der Waals surface area (Å²) in [5.41, 5.74) is 0.423. The molecule has 0 radical (unpaired) electrons. The number of para-hydroxylation sites is 1. The summed E-state index contributed by atoms with van der Waals surface area (Å²) < 4.78 is 56.9. The number of hydrogen-bond acceptors (Lipinski definition) is 4. The van der Waals surface area contributed by atoms with Crippen LogP contribution >= 0.6 is 11.3 Å². The summed E-state index contributed by atoms with van der Waals surface area (Å²) in [6.45, 7) is 0. The van der Waals surface area contributed by atoms with E-state index < -0.39 is 27.3 Å². The molecule has 1 N–H and O–H groups in total. The Bertz CT molecular complexity index is 1220. The molecular weight excluding hydrogens is 404 g/mol. The molecule has 4 rings (SSSR count). The number of rotatable bonds is 5. The Hall–Kier alpha value is -3.04. The molecule has 2 aromatic heterocycles. The molecule has 0 unspecified atom stereocenters. The molecule has 0 spiro atoms. The average Bonchev–Trinajstić information content (AvgIpc) is 3.35. The number of anilines is 1. The van der Waals surface area contributed by atoms with E-state index in [1.165, 1.54) is 22.2 Å². The molecule has 0 aliphatic carbocycles. The van der Waals surface area contributed by atoms with Gasteiger partial charge in [-0.25, -0.2) is 21.9 Å². The molecule has 0 saturated heterocycles. The number of hydrogen-bond donors (Lipinski definition) is 1. The molecule has 0 fully saturated rings. The van der Waals surface area contributed by atoms with Gasteiger partial charge in [0.05, 0.1) is 22.4 Å². The predicted molar refractivity (Wildman–Crippen MR) is 104 cm³/mol. The van der Waals surface area contributed by atoms with E-state index >= 15 is 0 Å². The van der Waals surface area contributed by atoms with Crippen LogP contribution in [0, 0.1) is 11.6 Å². The highest BCUT2D eigenvalue weighted by Crippen LogP contribution is 2.32. The molecule has 9 heteroatoms. The first kappa shape index (κ1) is 18.3. The molecule has 0 saturated carbocycles. The Kier molecular flexibility index (Phi) is 4.70. The third-order valence-electron chi connectivity index (χ3n) is 3.92. The van der Waals surface area contributed by atoms with E-state index in [0.717, 1.165) is 18.2 Å². The topological polar surface area (TPSA) is 64.0 Å². The molecule has 28 heavy (non-hydrogen) atoms. The van der Waals surface area contributed by atoms with Crippen molar-refractivity contribution in [2.45, 2.75) is 4.90 Å². The molecule has 0 aliphatic heterocycles. The maximum absolute atomic E-state index is 13.9. The van der Waals surface area contributed by atoms with Gasteiger partial charge in [-0.3, -0.25) is 4.72 Å². The molecule has 2 aromatic carbocycles. The first-order valence-electron chi connectivity index (χ1n) is 8.11. The summed E-state index contributed by atoms with van der Waals surface area (Å²) in [6, 6.07) is 15.1. The SMILES string of the molecule is O=S(=O)(Nc1cc(F)ccc1F)c1cn(-c2ccccc2)nc1-c1cccs1. The maximum atomic E-state index is 13.9. The Morgan fingerprint density at radius 2 is 1.79 bits per heavy atom. The molecule has 0 amide bonds. The highest BCUT2D eigenvalue weighted by atomic mass is 32.2. The minimum absolute atomic E-state index is 0.137. The van der Waals surface area contributed by atoms with E-state index in [0.29, 0.717) is 10.6 Å². The summed E-state index contributed by atoms with van der Waals surface area (Å²) in [5, 5.41) is 6.21. The van der Waals surface area contributed by atoms with Crippen LogP contribution in [-0.4, -0.2) is 18.2 Å². The van der Waals surface area contributed by atoms with Gasteiger partial charge in [-0.2, -0.15) is 5.10 Å². The molecule has 0 aliphatic rings. The van der Waals surface area contributed by atoms with Crippen LogP contribution in [-0.2, 0) is 10.0 Å². The quantitative estimate of drug-likeness (QED) is 0.513. The maximum Gasteiger partial charge on any atom is 0.265 e. The fourth-order valence-corrected chi connectivity index (χ4v) is 4.61. The second-order valence-electron chi connectivity index (χ2n) is 5.83. The minimum Gasteiger partial charge on any atom is -0.276 e.